The van der Waals surface area contributed by atoms with Crippen LogP contribution in [0, 0.1) is 0 Å². The van der Waals surface area contributed by atoms with Gasteiger partial charge < -0.3 is 9.84 Å². The second-order valence-electron chi connectivity index (χ2n) is 3.69. The molecule has 0 saturated carbocycles. The molecule has 2 rings (SSSR count). The Labute approximate surface area is 123 Å². The van der Waals surface area contributed by atoms with E-state index in [0.717, 1.165) is 5.30 Å². The Morgan fingerprint density at radius 3 is 2.32 bits per heavy atom. The van der Waals surface area contributed by atoms with Gasteiger partial charge in [0.25, 0.3) is 0 Å². The lowest BCUT2D eigenvalue weighted by molar-refractivity contribution is -0.207. The minimum atomic E-state index is -0.143. The molecule has 0 amide bonds. The predicted molar refractivity (Wildman–Crippen MR) is 80.1 cm³/mol. The molecule has 0 radical (unpaired) electrons. The maximum Gasteiger partial charge on any atom is 0.145 e. The number of methoxy groups -OCH3 is 1. The van der Waals surface area contributed by atoms with Gasteiger partial charge >= 0.3 is 0 Å². The Hall–Kier alpha value is -1.05. The molecule has 0 N–H and O–H groups in total. The smallest absolute Gasteiger partial charge is 0.145 e. The molecule has 0 saturated heterocycles. The number of rotatable bonds is 3. The van der Waals surface area contributed by atoms with Crippen LogP contribution in [-0.2, 0) is 0 Å². The molecule has 19 heavy (non-hydrogen) atoms. The standard InChI is InChI=1S/C14H11Cl2O2P/c1-18-13-11(16)8-7-10(15)12(13)14(17)19-9-5-3-2-4-6-9/h2-8,17H,1H3/p-1. The van der Waals surface area contributed by atoms with Crippen LogP contribution in [0.3, 0.4) is 0 Å². The monoisotopic (exact) mass is 311 g/mol. The summed E-state index contributed by atoms with van der Waals surface area (Å²) in [4.78, 5) is 0. The molecule has 2 nitrogen and oxygen atoms in total. The molecule has 0 aromatic heterocycles. The van der Waals surface area contributed by atoms with Crippen molar-refractivity contribution in [3.8, 4) is 5.75 Å². The van der Waals surface area contributed by atoms with Crippen LogP contribution in [0.2, 0.25) is 10.0 Å². The van der Waals surface area contributed by atoms with Crippen molar-refractivity contribution in [2.24, 2.45) is 0 Å². The molecular formula is C14H10Cl2O2P-. The average Bonchev–Trinajstić information content (AvgIpc) is 2.42. The fraction of sp³-hybridized carbons (Fsp3) is 0.0714. The van der Waals surface area contributed by atoms with E-state index in [1.54, 1.807) is 12.1 Å². The molecule has 0 aliphatic carbocycles. The van der Waals surface area contributed by atoms with Crippen molar-refractivity contribution < 1.29 is 9.84 Å². The molecule has 0 aliphatic rings. The molecule has 0 unspecified atom stereocenters. The highest BCUT2D eigenvalue weighted by Crippen LogP contribution is 2.34. The molecule has 98 valence electrons. The molecule has 0 bridgehead atoms. The van der Waals surface area contributed by atoms with Crippen molar-refractivity contribution in [2.75, 3.05) is 7.11 Å². The Morgan fingerprint density at radius 2 is 1.68 bits per heavy atom. The molecule has 0 spiro atoms. The van der Waals surface area contributed by atoms with E-state index >= 15 is 0 Å². The fourth-order valence-electron chi connectivity index (χ4n) is 1.61. The molecule has 0 aliphatic heterocycles. The molecule has 2 aromatic rings. The van der Waals surface area contributed by atoms with Crippen LogP contribution in [0.4, 0.5) is 0 Å². The van der Waals surface area contributed by atoms with Crippen LogP contribution >= 0.6 is 31.4 Å². The van der Waals surface area contributed by atoms with E-state index in [2.05, 4.69) is 0 Å². The van der Waals surface area contributed by atoms with Gasteiger partial charge in [-0.05, 0) is 12.1 Å². The fourth-order valence-corrected chi connectivity index (χ4v) is 3.03. The average molecular weight is 312 g/mol. The summed E-state index contributed by atoms with van der Waals surface area (Å²) in [5.41, 5.74) is 0.178. The van der Waals surface area contributed by atoms with Crippen LogP contribution in [0.15, 0.2) is 42.5 Å². The topological polar surface area (TPSA) is 32.3 Å². The third kappa shape index (κ3) is 3.29. The minimum absolute atomic E-state index is 0.143. The third-order valence-electron chi connectivity index (χ3n) is 2.46. The quantitative estimate of drug-likeness (QED) is 0.816. The predicted octanol–water partition coefficient (Wildman–Crippen LogP) is 3.11. The molecule has 0 fully saturated rings. The lowest BCUT2D eigenvalue weighted by Gasteiger charge is -2.18. The maximum absolute atomic E-state index is 12.3. The zero-order chi connectivity index (χ0) is 13.8. The van der Waals surface area contributed by atoms with Gasteiger partial charge in [-0.15, -0.1) is 0 Å². The zero-order valence-electron chi connectivity index (χ0n) is 10.1. The molecule has 0 atom stereocenters. The number of benzene rings is 2. The van der Waals surface area contributed by atoms with Crippen molar-refractivity contribution >= 4 is 42.2 Å². The van der Waals surface area contributed by atoms with E-state index < -0.39 is 0 Å². The van der Waals surface area contributed by atoms with Crippen molar-refractivity contribution in [3.63, 3.8) is 0 Å². The molecule has 0 heterocycles. The van der Waals surface area contributed by atoms with Gasteiger partial charge in [-0.1, -0.05) is 67.2 Å². The highest BCUT2D eigenvalue weighted by Gasteiger charge is 2.11. The van der Waals surface area contributed by atoms with Crippen LogP contribution in [-0.4, -0.2) is 12.6 Å². The van der Waals surface area contributed by atoms with E-state index in [1.165, 1.54) is 7.11 Å². The summed E-state index contributed by atoms with van der Waals surface area (Å²) in [6.07, 6.45) is 0. The van der Waals surface area contributed by atoms with E-state index in [1.807, 2.05) is 30.3 Å². The number of halogens is 2. The van der Waals surface area contributed by atoms with Gasteiger partial charge in [0.2, 0.25) is 0 Å². The first-order valence-electron chi connectivity index (χ1n) is 5.46. The zero-order valence-corrected chi connectivity index (χ0v) is 12.5. The Morgan fingerprint density at radius 1 is 1.05 bits per heavy atom. The Kier molecular flexibility index (Phi) is 4.84. The minimum Gasteiger partial charge on any atom is -0.823 e. The van der Waals surface area contributed by atoms with E-state index in [4.69, 9.17) is 27.9 Å². The van der Waals surface area contributed by atoms with Crippen LogP contribution in [0.1, 0.15) is 5.56 Å². The number of hydrogen-bond donors (Lipinski definition) is 0. The summed E-state index contributed by atoms with van der Waals surface area (Å²) in [5.74, 6) is 0.322. The normalized spacial score (nSPS) is 11.5. The van der Waals surface area contributed by atoms with Crippen molar-refractivity contribution in [1.82, 2.24) is 0 Å². The van der Waals surface area contributed by atoms with Gasteiger partial charge in [-0.3, -0.25) is 0 Å². The van der Waals surface area contributed by atoms with Gasteiger partial charge in [-0.2, -0.15) is 0 Å². The summed E-state index contributed by atoms with van der Waals surface area (Å²) < 4.78 is 5.17. The summed E-state index contributed by atoms with van der Waals surface area (Å²) in [6, 6.07) is 12.6. The van der Waals surface area contributed by atoms with E-state index in [-0.39, 0.29) is 5.48 Å². The lowest BCUT2D eigenvalue weighted by Crippen LogP contribution is -2.19. The van der Waals surface area contributed by atoms with Gasteiger partial charge in [0.15, 0.2) is 0 Å². The SMILES string of the molecule is COc1c(Cl)ccc(Cl)c1C([O-])=Pc1ccccc1. The largest absolute Gasteiger partial charge is 0.823 e. The second-order valence-corrected chi connectivity index (χ2v) is 5.65. The molecular weight excluding hydrogens is 302 g/mol. The summed E-state index contributed by atoms with van der Waals surface area (Å²) in [5, 5.41) is 13.9. The van der Waals surface area contributed by atoms with Gasteiger partial charge in [0.05, 0.1) is 17.2 Å². The van der Waals surface area contributed by atoms with Crippen LogP contribution in [0.25, 0.3) is 0 Å². The van der Waals surface area contributed by atoms with Gasteiger partial charge in [0.1, 0.15) is 5.75 Å². The maximum atomic E-state index is 12.3. The number of ether oxygens (including phenoxy) is 1. The molecule has 2 aromatic carbocycles. The second kappa shape index (κ2) is 6.40. The lowest BCUT2D eigenvalue weighted by atomic mass is 10.2. The third-order valence-corrected chi connectivity index (χ3v) is 4.06. The van der Waals surface area contributed by atoms with Crippen molar-refractivity contribution in [3.05, 3.63) is 58.1 Å². The van der Waals surface area contributed by atoms with Gasteiger partial charge in [0, 0.05) is 10.9 Å². The first kappa shape index (κ1) is 14.4. The van der Waals surface area contributed by atoms with E-state index in [0.29, 0.717) is 29.6 Å². The summed E-state index contributed by atoms with van der Waals surface area (Å²) in [7, 11) is 2.00. The van der Waals surface area contributed by atoms with Crippen LogP contribution in [0.5, 0.6) is 5.75 Å². The highest BCUT2D eigenvalue weighted by molar-refractivity contribution is 7.49. The van der Waals surface area contributed by atoms with E-state index in [9.17, 15) is 5.11 Å². The van der Waals surface area contributed by atoms with Crippen molar-refractivity contribution in [1.29, 1.82) is 0 Å². The molecule has 5 heteroatoms. The van der Waals surface area contributed by atoms with Crippen molar-refractivity contribution in [2.45, 2.75) is 0 Å². The first-order chi connectivity index (χ1) is 9.13. The summed E-state index contributed by atoms with van der Waals surface area (Å²) in [6.45, 7) is 0. The Bertz CT molecular complexity index is 612. The van der Waals surface area contributed by atoms with Crippen LogP contribution < -0.4 is 15.1 Å². The highest BCUT2D eigenvalue weighted by atomic mass is 35.5. The first-order valence-corrected chi connectivity index (χ1v) is 7.11. The summed E-state index contributed by atoms with van der Waals surface area (Å²) >= 11 is 12.1. The Balaban J connectivity index is 2.53. The number of hydrogen-bond acceptors (Lipinski definition) is 2. The van der Waals surface area contributed by atoms with Gasteiger partial charge in [-0.25, -0.2) is 0 Å².